The number of rotatable bonds is 10. The molecular formula is C25H46N4O5S. The SMILES string of the molecule is COC1CCC(OC)C(S(=O)(=O)N2CCC(CCCCNC(=O)C3CC4CNCCC4N3)CC2)C1. The van der Waals surface area contributed by atoms with E-state index in [1.54, 1.807) is 18.5 Å². The fourth-order valence-electron chi connectivity index (χ4n) is 6.60. The fourth-order valence-corrected chi connectivity index (χ4v) is 8.79. The second kappa shape index (κ2) is 12.6. The Morgan fingerprint density at radius 2 is 1.83 bits per heavy atom. The van der Waals surface area contributed by atoms with Crippen molar-refractivity contribution in [3.8, 4) is 0 Å². The molecule has 6 unspecified atom stereocenters. The van der Waals surface area contributed by atoms with Crippen LogP contribution in [0.3, 0.4) is 0 Å². The van der Waals surface area contributed by atoms with Gasteiger partial charge in [0, 0.05) is 39.9 Å². The van der Waals surface area contributed by atoms with Gasteiger partial charge in [-0.05, 0) is 76.3 Å². The van der Waals surface area contributed by atoms with Gasteiger partial charge in [-0.25, -0.2) is 12.7 Å². The van der Waals surface area contributed by atoms with Crippen LogP contribution < -0.4 is 16.0 Å². The van der Waals surface area contributed by atoms with Crippen LogP contribution in [0.5, 0.6) is 0 Å². The molecule has 3 N–H and O–H groups in total. The number of ether oxygens (including phenoxy) is 2. The first kappa shape index (κ1) is 27.3. The Labute approximate surface area is 211 Å². The summed E-state index contributed by atoms with van der Waals surface area (Å²) in [6.07, 6.45) is 8.81. The zero-order valence-electron chi connectivity index (χ0n) is 21.5. The molecule has 0 aromatic heterocycles. The largest absolute Gasteiger partial charge is 0.381 e. The van der Waals surface area contributed by atoms with Crippen LogP contribution in [0, 0.1) is 11.8 Å². The van der Waals surface area contributed by atoms with E-state index in [-0.39, 0.29) is 24.2 Å². The highest BCUT2D eigenvalue weighted by molar-refractivity contribution is 7.89. The van der Waals surface area contributed by atoms with E-state index in [0.29, 0.717) is 37.4 Å². The number of amides is 1. The minimum Gasteiger partial charge on any atom is -0.381 e. The third-order valence-electron chi connectivity index (χ3n) is 8.85. The molecule has 1 aliphatic carbocycles. The lowest BCUT2D eigenvalue weighted by Gasteiger charge is -2.39. The number of unbranched alkanes of at least 4 members (excludes halogenated alkanes) is 1. The second-order valence-electron chi connectivity index (χ2n) is 11.0. The molecule has 3 heterocycles. The van der Waals surface area contributed by atoms with Crippen molar-refractivity contribution in [2.45, 2.75) is 93.7 Å². The summed E-state index contributed by atoms with van der Waals surface area (Å²) in [4.78, 5) is 12.5. The highest BCUT2D eigenvalue weighted by Crippen LogP contribution is 2.33. The number of carbonyl (C=O) groups is 1. The molecule has 1 saturated carbocycles. The lowest BCUT2D eigenvalue weighted by atomic mass is 9.92. The van der Waals surface area contributed by atoms with E-state index in [2.05, 4.69) is 16.0 Å². The van der Waals surface area contributed by atoms with Crippen molar-refractivity contribution in [2.75, 3.05) is 46.9 Å². The third-order valence-corrected chi connectivity index (χ3v) is 11.2. The quantitative estimate of drug-likeness (QED) is 0.376. The van der Waals surface area contributed by atoms with Crippen molar-refractivity contribution in [1.29, 1.82) is 0 Å². The molecule has 4 rings (SSSR count). The summed E-state index contributed by atoms with van der Waals surface area (Å²) in [5.41, 5.74) is 0. The minimum atomic E-state index is -3.40. The van der Waals surface area contributed by atoms with Crippen LogP contribution in [0.4, 0.5) is 0 Å². The molecule has 0 aromatic carbocycles. The van der Waals surface area contributed by atoms with Gasteiger partial charge in [-0.1, -0.05) is 12.8 Å². The Morgan fingerprint density at radius 1 is 1.03 bits per heavy atom. The second-order valence-corrected chi connectivity index (χ2v) is 13.1. The van der Waals surface area contributed by atoms with E-state index >= 15 is 0 Å². The lowest BCUT2D eigenvalue weighted by molar-refractivity contribution is -0.122. The number of hydrogen-bond donors (Lipinski definition) is 3. The van der Waals surface area contributed by atoms with Crippen LogP contribution >= 0.6 is 0 Å². The van der Waals surface area contributed by atoms with E-state index in [0.717, 1.165) is 77.4 Å². The number of piperidine rings is 2. The molecule has 0 spiro atoms. The van der Waals surface area contributed by atoms with Crippen LogP contribution in [-0.2, 0) is 24.3 Å². The Bertz CT molecular complexity index is 775. The van der Waals surface area contributed by atoms with Crippen LogP contribution in [0.15, 0.2) is 0 Å². The molecule has 6 atom stereocenters. The minimum absolute atomic E-state index is 0.00944. The van der Waals surface area contributed by atoms with Crippen molar-refractivity contribution in [1.82, 2.24) is 20.3 Å². The molecule has 3 aliphatic heterocycles. The van der Waals surface area contributed by atoms with E-state index in [9.17, 15) is 13.2 Å². The van der Waals surface area contributed by atoms with Gasteiger partial charge in [0.15, 0.2) is 0 Å². The van der Waals surface area contributed by atoms with Gasteiger partial charge >= 0.3 is 0 Å². The van der Waals surface area contributed by atoms with Crippen molar-refractivity contribution in [3.05, 3.63) is 0 Å². The number of methoxy groups -OCH3 is 2. The molecule has 3 saturated heterocycles. The maximum atomic E-state index is 13.4. The Morgan fingerprint density at radius 3 is 2.54 bits per heavy atom. The third kappa shape index (κ3) is 6.76. The standard InChI is InChI=1S/C25H46N4O5S/c1-33-20-6-7-23(34-2)24(16-20)35(31,32)29-13-9-18(10-14-29)5-3-4-11-27-25(30)22-15-19-17-26-12-8-21(19)28-22/h18-24,26,28H,3-17H2,1-2H3,(H,27,30). The van der Waals surface area contributed by atoms with Gasteiger partial charge in [0.25, 0.3) is 0 Å². The van der Waals surface area contributed by atoms with Gasteiger partial charge in [0.1, 0.15) is 5.25 Å². The average Bonchev–Trinajstić information content (AvgIpc) is 3.33. The molecule has 10 heteroatoms. The first-order valence-electron chi connectivity index (χ1n) is 13.7. The Balaban J connectivity index is 1.12. The lowest BCUT2D eigenvalue weighted by Crippen LogP contribution is -2.51. The van der Waals surface area contributed by atoms with Gasteiger partial charge in [-0.15, -0.1) is 0 Å². The highest BCUT2D eigenvalue weighted by Gasteiger charge is 2.43. The molecule has 0 bridgehead atoms. The number of nitrogens with zero attached hydrogens (tertiary/aromatic N) is 1. The molecule has 1 amide bonds. The van der Waals surface area contributed by atoms with Gasteiger partial charge in [0.05, 0.1) is 18.2 Å². The van der Waals surface area contributed by atoms with E-state index in [1.807, 2.05) is 0 Å². The van der Waals surface area contributed by atoms with Crippen molar-refractivity contribution >= 4 is 15.9 Å². The Kier molecular flexibility index (Phi) is 9.85. The van der Waals surface area contributed by atoms with Crippen LogP contribution in [-0.4, -0.2) is 95.1 Å². The van der Waals surface area contributed by atoms with E-state index in [4.69, 9.17) is 9.47 Å². The Hall–Kier alpha value is -0.780. The average molecular weight is 515 g/mol. The highest BCUT2D eigenvalue weighted by atomic mass is 32.2. The molecule has 9 nitrogen and oxygen atoms in total. The summed E-state index contributed by atoms with van der Waals surface area (Å²) in [5, 5.41) is 9.55. The maximum absolute atomic E-state index is 13.4. The normalized spacial score (nSPS) is 35.0. The smallest absolute Gasteiger partial charge is 0.237 e. The van der Waals surface area contributed by atoms with Gasteiger partial charge in [-0.3, -0.25) is 4.79 Å². The topological polar surface area (TPSA) is 109 Å². The number of hydrogen-bond acceptors (Lipinski definition) is 7. The molecule has 202 valence electrons. The fraction of sp³-hybridized carbons (Fsp3) is 0.960. The summed E-state index contributed by atoms with van der Waals surface area (Å²) in [7, 11) is -0.122. The van der Waals surface area contributed by atoms with E-state index in [1.165, 1.54) is 0 Å². The van der Waals surface area contributed by atoms with Gasteiger partial charge < -0.3 is 25.4 Å². The summed E-state index contributed by atoms with van der Waals surface area (Å²) >= 11 is 0. The molecule has 4 aliphatic rings. The van der Waals surface area contributed by atoms with Crippen molar-refractivity contribution in [3.63, 3.8) is 0 Å². The zero-order valence-corrected chi connectivity index (χ0v) is 22.4. The van der Waals surface area contributed by atoms with Gasteiger partial charge in [-0.2, -0.15) is 0 Å². The summed E-state index contributed by atoms with van der Waals surface area (Å²) in [6.45, 7) is 3.97. The molecule has 0 aromatic rings. The zero-order chi connectivity index (χ0) is 24.8. The summed E-state index contributed by atoms with van der Waals surface area (Å²) in [5.74, 6) is 1.28. The molecule has 35 heavy (non-hydrogen) atoms. The van der Waals surface area contributed by atoms with Gasteiger partial charge in [0.2, 0.25) is 15.9 Å². The van der Waals surface area contributed by atoms with E-state index < -0.39 is 15.3 Å². The maximum Gasteiger partial charge on any atom is 0.237 e. The molecule has 4 fully saturated rings. The molecular weight excluding hydrogens is 468 g/mol. The van der Waals surface area contributed by atoms with Crippen LogP contribution in [0.1, 0.15) is 64.2 Å². The number of nitrogens with one attached hydrogen (secondary N) is 3. The summed E-state index contributed by atoms with van der Waals surface area (Å²) in [6, 6.07) is 0.443. The number of fused-ring (bicyclic) bond motifs is 1. The molecule has 0 radical (unpaired) electrons. The van der Waals surface area contributed by atoms with Crippen molar-refractivity contribution in [2.24, 2.45) is 11.8 Å². The first-order chi connectivity index (χ1) is 16.9. The van der Waals surface area contributed by atoms with Crippen LogP contribution in [0.2, 0.25) is 0 Å². The predicted octanol–water partition coefficient (Wildman–Crippen LogP) is 1.24. The first-order valence-corrected chi connectivity index (χ1v) is 15.2. The van der Waals surface area contributed by atoms with Crippen LogP contribution in [0.25, 0.3) is 0 Å². The number of carbonyl (C=O) groups excluding carboxylic acids is 1. The summed E-state index contributed by atoms with van der Waals surface area (Å²) < 4.78 is 39.5. The van der Waals surface area contributed by atoms with Crippen molar-refractivity contribution < 1.29 is 22.7 Å². The predicted molar refractivity (Wildman–Crippen MR) is 136 cm³/mol. The number of sulfonamides is 1. The monoisotopic (exact) mass is 514 g/mol.